The molecule has 19 heavy (non-hydrogen) atoms. The van der Waals surface area contributed by atoms with E-state index in [0.29, 0.717) is 14.6 Å². The van der Waals surface area contributed by atoms with Gasteiger partial charge < -0.3 is 4.57 Å². The lowest BCUT2D eigenvalue weighted by molar-refractivity contribution is -0.386. The summed E-state index contributed by atoms with van der Waals surface area (Å²) in [7, 11) is 0. The van der Waals surface area contributed by atoms with Gasteiger partial charge >= 0.3 is 11.2 Å². The van der Waals surface area contributed by atoms with Crippen LogP contribution in [0.25, 0.3) is 0 Å². The van der Waals surface area contributed by atoms with Gasteiger partial charge in [-0.25, -0.2) is 5.84 Å². The number of nitrogens with two attached hydrogens (primary N) is 1. The number of hydrazine groups is 1. The molecule has 0 fully saturated rings. The number of nitro groups is 1. The molecule has 0 aromatic carbocycles. The first-order chi connectivity index (χ1) is 9.01. The number of nitrogens with zero attached hydrogens (tertiary/aromatic N) is 4. The van der Waals surface area contributed by atoms with Crippen LogP contribution in [0, 0.1) is 10.1 Å². The van der Waals surface area contributed by atoms with E-state index >= 15 is 0 Å². The lowest BCUT2D eigenvalue weighted by Gasteiger charge is -2.03. The van der Waals surface area contributed by atoms with Gasteiger partial charge in [-0.15, -0.1) is 10.2 Å². The van der Waals surface area contributed by atoms with Crippen molar-refractivity contribution in [2.75, 3.05) is 5.43 Å². The van der Waals surface area contributed by atoms with Gasteiger partial charge in [-0.3, -0.25) is 20.3 Å². The quantitative estimate of drug-likeness (QED) is 0.473. The van der Waals surface area contributed by atoms with Crippen LogP contribution in [0.2, 0.25) is 0 Å². The van der Waals surface area contributed by atoms with E-state index in [1.807, 2.05) is 0 Å². The Balaban J connectivity index is 2.40. The molecule has 2 rings (SSSR count). The molecule has 9 nitrogen and oxygen atoms in total. The summed E-state index contributed by atoms with van der Waals surface area (Å²) >= 11 is 4.27. The van der Waals surface area contributed by atoms with Crippen molar-refractivity contribution in [3.63, 3.8) is 0 Å². The maximum Gasteiger partial charge on any atom is 0.335 e. The van der Waals surface area contributed by atoms with Crippen molar-refractivity contribution in [2.45, 2.75) is 6.54 Å². The molecule has 0 aliphatic carbocycles. The first kappa shape index (κ1) is 13.6. The van der Waals surface area contributed by atoms with Crippen LogP contribution in [0.15, 0.2) is 21.5 Å². The topological polar surface area (TPSA) is 129 Å². The second-order valence-electron chi connectivity index (χ2n) is 3.38. The van der Waals surface area contributed by atoms with Crippen LogP contribution in [0.3, 0.4) is 0 Å². The zero-order valence-electron chi connectivity index (χ0n) is 9.24. The number of nitrogens with one attached hydrogen (secondary N) is 1. The third-order valence-corrected chi connectivity index (χ3v) is 3.40. The summed E-state index contributed by atoms with van der Waals surface area (Å²) in [6, 6.07) is 1.16. The van der Waals surface area contributed by atoms with Crippen LogP contribution in [-0.2, 0) is 6.54 Å². The molecule has 0 bridgehead atoms. The zero-order chi connectivity index (χ0) is 14.0. The third-order valence-electron chi connectivity index (χ3n) is 2.13. The summed E-state index contributed by atoms with van der Waals surface area (Å²) in [5.74, 6) is 5.17. The predicted molar refractivity (Wildman–Crippen MR) is 71.9 cm³/mol. The molecule has 0 saturated carbocycles. The molecule has 100 valence electrons. The molecule has 0 amide bonds. The number of nitrogen functional groups attached to an aromatic ring is 1. The summed E-state index contributed by atoms with van der Waals surface area (Å²) in [5, 5.41) is 19.2. The molecule has 2 heterocycles. The van der Waals surface area contributed by atoms with Crippen molar-refractivity contribution < 1.29 is 4.92 Å². The highest BCUT2D eigenvalue weighted by molar-refractivity contribution is 9.10. The standard InChI is InChI=1S/C8H7BrN6O3S/c9-4-1-5(15(17)18)7(16)14(2-4)3-6-12-13-8(11-10)19-6/h1-2H,3,10H2,(H,11,13). The van der Waals surface area contributed by atoms with E-state index in [1.54, 1.807) is 0 Å². The fraction of sp³-hybridized carbons (Fsp3) is 0.125. The molecule has 0 aliphatic rings. The first-order valence-electron chi connectivity index (χ1n) is 4.84. The molecule has 0 saturated heterocycles. The highest BCUT2D eigenvalue weighted by atomic mass is 79.9. The number of pyridine rings is 1. The van der Waals surface area contributed by atoms with Crippen LogP contribution >= 0.6 is 27.3 Å². The van der Waals surface area contributed by atoms with Crippen molar-refractivity contribution in [1.29, 1.82) is 0 Å². The van der Waals surface area contributed by atoms with Crippen LogP contribution in [0.1, 0.15) is 5.01 Å². The van der Waals surface area contributed by atoms with E-state index < -0.39 is 16.2 Å². The number of hydrogen-bond donors (Lipinski definition) is 2. The van der Waals surface area contributed by atoms with Crippen LogP contribution in [0.4, 0.5) is 10.8 Å². The largest absolute Gasteiger partial charge is 0.335 e. The van der Waals surface area contributed by atoms with Gasteiger partial charge in [0.05, 0.1) is 11.5 Å². The van der Waals surface area contributed by atoms with Crippen LogP contribution in [0.5, 0.6) is 0 Å². The molecule has 0 spiro atoms. The Morgan fingerprint density at radius 3 is 2.89 bits per heavy atom. The molecule has 11 heteroatoms. The highest BCUT2D eigenvalue weighted by Gasteiger charge is 2.17. The second kappa shape index (κ2) is 5.42. The molecule has 0 aliphatic heterocycles. The van der Waals surface area contributed by atoms with Crippen LogP contribution < -0.4 is 16.8 Å². The summed E-state index contributed by atoms with van der Waals surface area (Å²) in [5.41, 5.74) is 1.12. The molecule has 0 unspecified atom stereocenters. The Labute approximate surface area is 118 Å². The van der Waals surface area contributed by atoms with Crippen molar-refractivity contribution in [1.82, 2.24) is 14.8 Å². The number of aromatic nitrogens is 3. The smallest absolute Gasteiger partial charge is 0.302 e. The van der Waals surface area contributed by atoms with Gasteiger partial charge in [-0.2, -0.15) is 0 Å². The minimum atomic E-state index is -0.726. The Morgan fingerprint density at radius 2 is 2.32 bits per heavy atom. The molecule has 2 aromatic rings. The normalized spacial score (nSPS) is 10.4. The van der Waals surface area contributed by atoms with E-state index in [4.69, 9.17) is 5.84 Å². The maximum absolute atomic E-state index is 11.9. The number of anilines is 1. The van der Waals surface area contributed by atoms with Gasteiger partial charge in [-0.1, -0.05) is 11.3 Å². The van der Waals surface area contributed by atoms with E-state index in [-0.39, 0.29) is 6.54 Å². The minimum Gasteiger partial charge on any atom is -0.302 e. The molecule has 0 atom stereocenters. The second-order valence-corrected chi connectivity index (χ2v) is 5.36. The molecular formula is C8H7BrN6O3S. The molecular weight excluding hydrogens is 340 g/mol. The highest BCUT2D eigenvalue weighted by Crippen LogP contribution is 2.17. The number of hydrogen-bond acceptors (Lipinski definition) is 8. The van der Waals surface area contributed by atoms with Crippen molar-refractivity contribution >= 4 is 38.1 Å². The number of halogens is 1. The fourth-order valence-corrected chi connectivity index (χ4v) is 2.47. The molecule has 0 radical (unpaired) electrons. The first-order valence-corrected chi connectivity index (χ1v) is 6.45. The lowest BCUT2D eigenvalue weighted by atomic mass is 10.4. The molecule has 2 aromatic heterocycles. The van der Waals surface area contributed by atoms with Crippen molar-refractivity contribution in [3.05, 3.63) is 42.2 Å². The summed E-state index contributed by atoms with van der Waals surface area (Å²) in [4.78, 5) is 21.9. The summed E-state index contributed by atoms with van der Waals surface area (Å²) in [6.45, 7) is 0.0818. The van der Waals surface area contributed by atoms with E-state index in [1.165, 1.54) is 10.8 Å². The Morgan fingerprint density at radius 1 is 1.58 bits per heavy atom. The molecule has 3 N–H and O–H groups in total. The zero-order valence-corrected chi connectivity index (χ0v) is 11.6. The fourth-order valence-electron chi connectivity index (χ4n) is 1.35. The van der Waals surface area contributed by atoms with Gasteiger partial charge in [0.1, 0.15) is 5.01 Å². The summed E-state index contributed by atoms with van der Waals surface area (Å²) in [6.07, 6.45) is 1.45. The Hall–Kier alpha value is -1.85. The Bertz CT molecular complexity index is 683. The van der Waals surface area contributed by atoms with Gasteiger partial charge in [-0.05, 0) is 15.9 Å². The Kier molecular flexibility index (Phi) is 3.87. The summed E-state index contributed by atoms with van der Waals surface area (Å²) < 4.78 is 1.61. The predicted octanol–water partition coefficient (Wildman–Crippen LogP) is 0.704. The van der Waals surface area contributed by atoms with Gasteiger partial charge in [0, 0.05) is 16.7 Å². The van der Waals surface area contributed by atoms with Gasteiger partial charge in [0.25, 0.3) is 0 Å². The lowest BCUT2D eigenvalue weighted by Crippen LogP contribution is -2.22. The minimum absolute atomic E-state index is 0.0818. The van der Waals surface area contributed by atoms with Crippen molar-refractivity contribution in [3.8, 4) is 0 Å². The van der Waals surface area contributed by atoms with E-state index in [9.17, 15) is 14.9 Å². The van der Waals surface area contributed by atoms with Crippen molar-refractivity contribution in [2.24, 2.45) is 5.84 Å². The van der Waals surface area contributed by atoms with Gasteiger partial charge in [0.2, 0.25) is 5.13 Å². The van der Waals surface area contributed by atoms with E-state index in [2.05, 4.69) is 31.6 Å². The average molecular weight is 347 g/mol. The monoisotopic (exact) mass is 346 g/mol. The number of rotatable bonds is 4. The van der Waals surface area contributed by atoms with Crippen LogP contribution in [-0.4, -0.2) is 19.7 Å². The van der Waals surface area contributed by atoms with E-state index in [0.717, 1.165) is 17.4 Å². The average Bonchev–Trinajstić information content (AvgIpc) is 2.80. The van der Waals surface area contributed by atoms with Gasteiger partial charge in [0.15, 0.2) is 0 Å². The SMILES string of the molecule is NNc1nnc(Cn2cc(Br)cc([N+](=O)[O-])c2=O)s1. The third kappa shape index (κ3) is 2.94. The maximum atomic E-state index is 11.9.